The third-order valence-electron chi connectivity index (χ3n) is 2.44. The normalized spacial score (nSPS) is 25.4. The van der Waals surface area contributed by atoms with Crippen LogP contribution < -0.4 is 10.9 Å². The molecule has 2 amide bonds. The summed E-state index contributed by atoms with van der Waals surface area (Å²) in [6.45, 7) is 1.73. The van der Waals surface area contributed by atoms with Gasteiger partial charge in [0.25, 0.3) is 5.91 Å². The molecule has 1 atom stereocenters. The minimum Gasteiger partial charge on any atom is -0.478 e. The van der Waals surface area contributed by atoms with E-state index in [-0.39, 0.29) is 5.91 Å². The molecule has 0 aliphatic heterocycles. The number of carboxylic acids is 1. The Kier molecular flexibility index (Phi) is 3.98. The van der Waals surface area contributed by atoms with E-state index in [4.69, 9.17) is 5.11 Å². The molecule has 94 valence electrons. The molecule has 1 saturated carbocycles. The highest BCUT2D eigenvalue weighted by Crippen LogP contribution is 2.66. The van der Waals surface area contributed by atoms with Gasteiger partial charge in [0.2, 0.25) is 5.91 Å². The van der Waals surface area contributed by atoms with Crippen molar-refractivity contribution in [2.45, 2.75) is 16.6 Å². The van der Waals surface area contributed by atoms with Gasteiger partial charge in [-0.25, -0.2) is 4.79 Å². The number of nitrogens with one attached hydrogen (secondary N) is 2. The van der Waals surface area contributed by atoms with E-state index >= 15 is 0 Å². The van der Waals surface area contributed by atoms with Crippen LogP contribution in [0.1, 0.15) is 13.3 Å². The number of hydrogen-bond acceptors (Lipinski definition) is 3. The summed E-state index contributed by atoms with van der Waals surface area (Å²) >= 11 is 6.64. The molecule has 1 unspecified atom stereocenters. The Labute approximate surface area is 114 Å². The third-order valence-corrected chi connectivity index (χ3v) is 4.75. The summed E-state index contributed by atoms with van der Waals surface area (Å²) in [6, 6.07) is 0. The zero-order valence-electron chi connectivity index (χ0n) is 8.79. The van der Waals surface area contributed by atoms with E-state index < -0.39 is 20.5 Å². The molecule has 6 nitrogen and oxygen atoms in total. The van der Waals surface area contributed by atoms with Crippen LogP contribution in [-0.4, -0.2) is 26.1 Å². The van der Waals surface area contributed by atoms with Gasteiger partial charge in [-0.05, 0) is 13.3 Å². The van der Waals surface area contributed by atoms with Gasteiger partial charge in [-0.2, -0.15) is 0 Å². The van der Waals surface area contributed by atoms with Gasteiger partial charge in [0, 0.05) is 12.2 Å². The molecule has 3 N–H and O–H groups in total. The highest BCUT2D eigenvalue weighted by atomic mass is 79.9. The molecule has 1 aliphatic rings. The number of carboxylic acid groups (broad SMARTS) is 1. The third kappa shape index (κ3) is 3.29. The fourth-order valence-electron chi connectivity index (χ4n) is 1.09. The monoisotopic (exact) mass is 368 g/mol. The van der Waals surface area contributed by atoms with Gasteiger partial charge in [-0.1, -0.05) is 31.9 Å². The van der Waals surface area contributed by atoms with Gasteiger partial charge in [-0.3, -0.25) is 20.4 Å². The molecular formula is C9H10Br2N2O4. The number of hydrogen-bond donors (Lipinski definition) is 3. The van der Waals surface area contributed by atoms with Crippen LogP contribution in [0.4, 0.5) is 0 Å². The lowest BCUT2D eigenvalue weighted by Gasteiger charge is -2.12. The zero-order chi connectivity index (χ0) is 13.3. The second-order valence-corrected chi connectivity index (χ2v) is 7.60. The van der Waals surface area contributed by atoms with Gasteiger partial charge in [0.15, 0.2) is 0 Å². The molecule has 17 heavy (non-hydrogen) atoms. The van der Waals surface area contributed by atoms with E-state index in [1.807, 2.05) is 0 Å². The number of amides is 2. The molecule has 0 heterocycles. The van der Waals surface area contributed by atoms with Crippen LogP contribution in [0.2, 0.25) is 0 Å². The van der Waals surface area contributed by atoms with Crippen LogP contribution in [0, 0.1) is 5.41 Å². The van der Waals surface area contributed by atoms with Crippen molar-refractivity contribution >= 4 is 49.6 Å². The van der Waals surface area contributed by atoms with E-state index in [1.54, 1.807) is 6.92 Å². The predicted molar refractivity (Wildman–Crippen MR) is 66.4 cm³/mol. The second-order valence-electron chi connectivity index (χ2n) is 3.83. The summed E-state index contributed by atoms with van der Waals surface area (Å²) in [5.74, 6) is -2.30. The van der Waals surface area contributed by atoms with Crippen molar-refractivity contribution in [2.24, 2.45) is 5.41 Å². The van der Waals surface area contributed by atoms with E-state index in [0.29, 0.717) is 12.5 Å². The first-order valence-electron chi connectivity index (χ1n) is 4.58. The largest absolute Gasteiger partial charge is 0.478 e. The molecule has 0 aromatic heterocycles. The molecule has 0 aromatic rings. The number of carbonyl (C=O) groups is 3. The number of aliphatic carboxylic acids is 1. The van der Waals surface area contributed by atoms with Crippen molar-refractivity contribution in [2.75, 3.05) is 0 Å². The molecule has 0 bridgehead atoms. The predicted octanol–water partition coefficient (Wildman–Crippen LogP) is 0.671. The summed E-state index contributed by atoms with van der Waals surface area (Å²) in [7, 11) is 0. The van der Waals surface area contributed by atoms with E-state index in [1.165, 1.54) is 0 Å². The van der Waals surface area contributed by atoms with Crippen LogP contribution in [-0.2, 0) is 14.4 Å². The van der Waals surface area contributed by atoms with Crippen molar-refractivity contribution < 1.29 is 19.5 Å². The molecule has 0 radical (unpaired) electrons. The SMILES string of the molecule is CC1(C(=O)NNC(=O)/C=C\C(=O)O)CC1(Br)Br. The lowest BCUT2D eigenvalue weighted by Crippen LogP contribution is -2.45. The number of carbonyl (C=O) groups excluding carboxylic acids is 2. The van der Waals surface area contributed by atoms with Gasteiger partial charge in [0.1, 0.15) is 0 Å². The van der Waals surface area contributed by atoms with Crippen LogP contribution in [0.15, 0.2) is 12.2 Å². The fraction of sp³-hybridized carbons (Fsp3) is 0.444. The average Bonchev–Trinajstić information content (AvgIpc) is 2.73. The Morgan fingerprint density at radius 2 is 1.76 bits per heavy atom. The topological polar surface area (TPSA) is 95.5 Å². The van der Waals surface area contributed by atoms with Gasteiger partial charge < -0.3 is 5.11 Å². The molecule has 0 saturated heterocycles. The fourth-order valence-corrected chi connectivity index (χ4v) is 2.57. The number of rotatable bonds is 3. The van der Waals surface area contributed by atoms with Gasteiger partial charge >= 0.3 is 5.97 Å². The van der Waals surface area contributed by atoms with Crippen LogP contribution in [0.25, 0.3) is 0 Å². The first kappa shape index (κ1) is 14.2. The van der Waals surface area contributed by atoms with Crippen molar-refractivity contribution in [3.8, 4) is 0 Å². The molecule has 8 heteroatoms. The molecule has 1 rings (SSSR count). The quantitative estimate of drug-likeness (QED) is 0.387. The van der Waals surface area contributed by atoms with E-state index in [2.05, 4.69) is 42.7 Å². The summed E-state index contributed by atoms with van der Waals surface area (Å²) in [5.41, 5.74) is 3.67. The van der Waals surface area contributed by atoms with E-state index in [0.717, 1.165) is 6.08 Å². The lowest BCUT2D eigenvalue weighted by molar-refractivity contribution is -0.131. The Hall–Kier alpha value is -0.890. The maximum Gasteiger partial charge on any atom is 0.328 e. The zero-order valence-corrected chi connectivity index (χ0v) is 12.0. The maximum atomic E-state index is 11.7. The number of halogens is 2. The summed E-state index contributed by atoms with van der Waals surface area (Å²) in [6.07, 6.45) is 2.08. The lowest BCUT2D eigenvalue weighted by atomic mass is 10.1. The number of alkyl halides is 2. The Morgan fingerprint density at radius 3 is 2.18 bits per heavy atom. The minimum atomic E-state index is -1.24. The first-order valence-corrected chi connectivity index (χ1v) is 6.17. The van der Waals surface area contributed by atoms with Crippen molar-refractivity contribution in [3.05, 3.63) is 12.2 Å². The Bertz CT molecular complexity index is 408. The van der Waals surface area contributed by atoms with Crippen molar-refractivity contribution in [1.29, 1.82) is 0 Å². The first-order chi connectivity index (χ1) is 7.69. The van der Waals surface area contributed by atoms with Crippen LogP contribution in [0.3, 0.4) is 0 Å². The van der Waals surface area contributed by atoms with Crippen LogP contribution in [0.5, 0.6) is 0 Å². The standard InChI is InChI=1S/C9H10Br2N2O4/c1-8(4-9(8,10)11)7(17)13-12-5(14)2-3-6(15)16/h2-3H,4H2,1H3,(H,12,14)(H,13,17)(H,15,16)/b3-2-. The second kappa shape index (κ2) is 4.77. The number of hydrazine groups is 1. The van der Waals surface area contributed by atoms with Gasteiger partial charge in [-0.15, -0.1) is 0 Å². The maximum absolute atomic E-state index is 11.7. The molecule has 0 spiro atoms. The molecule has 1 fully saturated rings. The van der Waals surface area contributed by atoms with Crippen molar-refractivity contribution in [1.82, 2.24) is 10.9 Å². The highest BCUT2D eigenvalue weighted by Gasteiger charge is 2.66. The van der Waals surface area contributed by atoms with Crippen LogP contribution >= 0.6 is 31.9 Å². The summed E-state index contributed by atoms with van der Waals surface area (Å²) in [4.78, 5) is 32.9. The smallest absolute Gasteiger partial charge is 0.328 e. The molecule has 0 aromatic carbocycles. The van der Waals surface area contributed by atoms with E-state index in [9.17, 15) is 14.4 Å². The Morgan fingerprint density at radius 1 is 1.24 bits per heavy atom. The minimum absolute atomic E-state index is 0.358. The molecule has 1 aliphatic carbocycles. The van der Waals surface area contributed by atoms with Gasteiger partial charge in [0.05, 0.1) is 8.65 Å². The molecular weight excluding hydrogens is 360 g/mol. The Balaban J connectivity index is 2.40. The summed E-state index contributed by atoms with van der Waals surface area (Å²) < 4.78 is -0.446. The summed E-state index contributed by atoms with van der Waals surface area (Å²) in [5, 5.41) is 8.28. The average molecular weight is 370 g/mol. The highest BCUT2D eigenvalue weighted by molar-refractivity contribution is 9.25. The van der Waals surface area contributed by atoms with Crippen molar-refractivity contribution in [3.63, 3.8) is 0 Å².